The monoisotopic (exact) mass is 423 g/mol. The van der Waals surface area contributed by atoms with Crippen LogP contribution in [0.5, 0.6) is 0 Å². The van der Waals surface area contributed by atoms with Crippen molar-refractivity contribution in [3.8, 4) is 0 Å². The maximum absolute atomic E-state index is 13.1. The molecular formula is C26H37N3O2. The Bertz CT molecular complexity index is 758. The summed E-state index contributed by atoms with van der Waals surface area (Å²) in [7, 11) is 0. The third-order valence-electron chi connectivity index (χ3n) is 8.33. The molecule has 31 heavy (non-hydrogen) atoms. The van der Waals surface area contributed by atoms with Crippen LogP contribution < -0.4 is 5.32 Å². The van der Waals surface area contributed by atoms with Crippen molar-refractivity contribution in [3.05, 3.63) is 35.9 Å². The van der Waals surface area contributed by atoms with Crippen LogP contribution in [0.15, 0.2) is 30.3 Å². The van der Waals surface area contributed by atoms with Crippen LogP contribution >= 0.6 is 0 Å². The number of carbonyl (C=O) groups excluding carboxylic acids is 2. The van der Waals surface area contributed by atoms with Crippen molar-refractivity contribution in [2.75, 3.05) is 32.7 Å². The Hall–Kier alpha value is -1.88. The van der Waals surface area contributed by atoms with E-state index in [1.54, 1.807) is 0 Å². The topological polar surface area (TPSA) is 52.7 Å². The van der Waals surface area contributed by atoms with Crippen molar-refractivity contribution >= 4 is 11.8 Å². The molecule has 0 atom stereocenters. The largest absolute Gasteiger partial charge is 0.355 e. The molecule has 168 valence electrons. The van der Waals surface area contributed by atoms with Crippen LogP contribution in [0.1, 0.15) is 56.9 Å². The van der Waals surface area contributed by atoms with Gasteiger partial charge in [0, 0.05) is 51.1 Å². The van der Waals surface area contributed by atoms with Crippen molar-refractivity contribution in [1.82, 2.24) is 15.1 Å². The van der Waals surface area contributed by atoms with Crippen molar-refractivity contribution in [1.29, 1.82) is 0 Å². The predicted molar refractivity (Wildman–Crippen MR) is 121 cm³/mol. The summed E-state index contributed by atoms with van der Waals surface area (Å²) in [6, 6.07) is 10.6. The first kappa shape index (κ1) is 21.0. The van der Waals surface area contributed by atoms with Gasteiger partial charge in [-0.15, -0.1) is 0 Å². The first-order chi connectivity index (χ1) is 15.1. The molecule has 5 aliphatic rings. The molecule has 1 aromatic carbocycles. The number of nitrogens with one attached hydrogen (secondary N) is 1. The summed E-state index contributed by atoms with van der Waals surface area (Å²) in [4.78, 5) is 30.3. The number of nitrogens with zero attached hydrogens (tertiary/aromatic N) is 2. The van der Waals surface area contributed by atoms with E-state index in [1.807, 2.05) is 11.0 Å². The summed E-state index contributed by atoms with van der Waals surface area (Å²) < 4.78 is 0. The fourth-order valence-corrected chi connectivity index (χ4v) is 7.24. The number of carbonyl (C=O) groups is 2. The van der Waals surface area contributed by atoms with Gasteiger partial charge in [-0.1, -0.05) is 30.3 Å². The van der Waals surface area contributed by atoms with Gasteiger partial charge in [0.25, 0.3) is 0 Å². The molecule has 1 aliphatic heterocycles. The molecule has 1 heterocycles. The summed E-state index contributed by atoms with van der Waals surface area (Å²) >= 11 is 0. The third kappa shape index (κ3) is 4.67. The van der Waals surface area contributed by atoms with Crippen molar-refractivity contribution in [2.24, 2.45) is 23.2 Å². The van der Waals surface area contributed by atoms with Crippen LogP contribution in [-0.4, -0.2) is 54.3 Å². The minimum atomic E-state index is -0.113. The molecule has 5 nitrogen and oxygen atoms in total. The second kappa shape index (κ2) is 8.93. The average molecular weight is 424 g/mol. The summed E-state index contributed by atoms with van der Waals surface area (Å²) in [6.07, 6.45) is 8.74. The van der Waals surface area contributed by atoms with E-state index in [1.165, 1.54) is 24.8 Å². The standard InChI is InChI=1S/C26H37N3O2/c30-24(29-10-4-9-28(11-12-29)19-20-5-2-1-3-6-20)7-8-27-25(31)26-16-21-13-22(17-26)15-23(14-21)18-26/h1-3,5-6,21-23H,4,7-19H2,(H,27,31). The maximum atomic E-state index is 13.1. The van der Waals surface area contributed by atoms with Gasteiger partial charge in [-0.05, 0) is 68.3 Å². The Morgan fingerprint density at radius 2 is 1.58 bits per heavy atom. The first-order valence-electron chi connectivity index (χ1n) is 12.4. The summed E-state index contributed by atoms with van der Waals surface area (Å²) in [5.41, 5.74) is 1.22. The SMILES string of the molecule is O=C(CCNC(=O)C12CC3CC(CC(C3)C1)C2)N1CCCN(Cc2ccccc2)CC1. The molecule has 4 bridgehead atoms. The molecule has 4 saturated carbocycles. The van der Waals surface area contributed by atoms with Crippen LogP contribution in [0.2, 0.25) is 0 Å². The van der Waals surface area contributed by atoms with E-state index in [0.717, 1.165) is 76.2 Å². The smallest absolute Gasteiger partial charge is 0.226 e. The second-order valence-electron chi connectivity index (χ2n) is 10.7. The fourth-order valence-electron chi connectivity index (χ4n) is 7.24. The molecule has 4 aliphatic carbocycles. The van der Waals surface area contributed by atoms with E-state index in [-0.39, 0.29) is 17.2 Å². The van der Waals surface area contributed by atoms with E-state index < -0.39 is 0 Å². The molecule has 1 aromatic rings. The quantitative estimate of drug-likeness (QED) is 0.763. The van der Waals surface area contributed by atoms with Gasteiger partial charge in [-0.2, -0.15) is 0 Å². The minimum Gasteiger partial charge on any atom is -0.355 e. The number of hydrogen-bond acceptors (Lipinski definition) is 3. The van der Waals surface area contributed by atoms with Crippen molar-refractivity contribution < 1.29 is 9.59 Å². The summed E-state index contributed by atoms with van der Waals surface area (Å²) in [6.45, 7) is 5.00. The van der Waals surface area contributed by atoms with Gasteiger partial charge in [0.15, 0.2) is 0 Å². The zero-order chi connectivity index (χ0) is 21.3. The second-order valence-corrected chi connectivity index (χ2v) is 10.7. The first-order valence-corrected chi connectivity index (χ1v) is 12.4. The molecule has 5 heteroatoms. The normalized spacial score (nSPS) is 32.6. The van der Waals surface area contributed by atoms with Gasteiger partial charge in [-0.3, -0.25) is 14.5 Å². The van der Waals surface area contributed by atoms with E-state index in [9.17, 15) is 9.59 Å². The molecule has 6 rings (SSSR count). The van der Waals surface area contributed by atoms with Crippen LogP contribution in [0, 0.1) is 23.2 Å². The Balaban J connectivity index is 1.07. The molecule has 0 unspecified atom stereocenters. The average Bonchev–Trinajstić information content (AvgIpc) is 2.99. The van der Waals surface area contributed by atoms with Gasteiger partial charge in [0.1, 0.15) is 0 Å². The van der Waals surface area contributed by atoms with Gasteiger partial charge >= 0.3 is 0 Å². The van der Waals surface area contributed by atoms with Crippen molar-refractivity contribution in [3.63, 3.8) is 0 Å². The van der Waals surface area contributed by atoms with Crippen LogP contribution in [0.3, 0.4) is 0 Å². The molecule has 0 radical (unpaired) electrons. The maximum Gasteiger partial charge on any atom is 0.226 e. The molecule has 1 saturated heterocycles. The number of hydrogen-bond donors (Lipinski definition) is 1. The number of rotatable bonds is 6. The highest BCUT2D eigenvalue weighted by atomic mass is 16.2. The minimum absolute atomic E-state index is 0.113. The number of amides is 2. The fraction of sp³-hybridized carbons (Fsp3) is 0.692. The predicted octanol–water partition coefficient (Wildman–Crippen LogP) is 3.44. The summed E-state index contributed by atoms with van der Waals surface area (Å²) in [5, 5.41) is 3.17. The lowest BCUT2D eigenvalue weighted by Crippen LogP contribution is -2.53. The Morgan fingerprint density at radius 1 is 0.903 bits per heavy atom. The van der Waals surface area contributed by atoms with Crippen LogP contribution in [-0.2, 0) is 16.1 Å². The van der Waals surface area contributed by atoms with Crippen LogP contribution in [0.25, 0.3) is 0 Å². The van der Waals surface area contributed by atoms with Gasteiger partial charge < -0.3 is 10.2 Å². The van der Waals surface area contributed by atoms with Crippen molar-refractivity contribution in [2.45, 2.75) is 57.9 Å². The highest BCUT2D eigenvalue weighted by Gasteiger charge is 2.54. The van der Waals surface area contributed by atoms with Gasteiger partial charge in [0.2, 0.25) is 11.8 Å². The Morgan fingerprint density at radius 3 is 2.26 bits per heavy atom. The Kier molecular flexibility index (Phi) is 6.05. The third-order valence-corrected chi connectivity index (χ3v) is 8.33. The zero-order valence-electron chi connectivity index (χ0n) is 18.7. The molecule has 0 aromatic heterocycles. The van der Waals surface area contributed by atoms with E-state index in [4.69, 9.17) is 0 Å². The lowest BCUT2D eigenvalue weighted by Gasteiger charge is -2.55. The van der Waals surface area contributed by atoms with E-state index in [0.29, 0.717) is 13.0 Å². The van der Waals surface area contributed by atoms with Gasteiger partial charge in [0.05, 0.1) is 0 Å². The molecule has 5 fully saturated rings. The Labute approximate surface area is 186 Å². The lowest BCUT2D eigenvalue weighted by molar-refractivity contribution is -0.146. The summed E-state index contributed by atoms with van der Waals surface area (Å²) in [5.74, 6) is 2.75. The van der Waals surface area contributed by atoms with Crippen LogP contribution in [0.4, 0.5) is 0 Å². The lowest BCUT2D eigenvalue weighted by atomic mass is 9.49. The highest BCUT2D eigenvalue weighted by Crippen LogP contribution is 2.60. The molecule has 1 N–H and O–H groups in total. The molecule has 0 spiro atoms. The molecule has 2 amide bonds. The van der Waals surface area contributed by atoms with E-state index >= 15 is 0 Å². The van der Waals surface area contributed by atoms with E-state index in [2.05, 4.69) is 34.5 Å². The number of benzene rings is 1. The van der Waals surface area contributed by atoms with Gasteiger partial charge in [-0.25, -0.2) is 0 Å². The highest BCUT2D eigenvalue weighted by molar-refractivity contribution is 5.84. The molecular weight excluding hydrogens is 386 g/mol. The zero-order valence-corrected chi connectivity index (χ0v) is 18.7.